The number of nitrogens with two attached hydrogens (primary N) is 1. The zero-order valence-electron chi connectivity index (χ0n) is 59.9. The fourth-order valence-corrected chi connectivity index (χ4v) is 10.9. The second kappa shape index (κ2) is 46.2. The summed E-state index contributed by atoms with van der Waals surface area (Å²) >= 11 is 3.77. The summed E-state index contributed by atoms with van der Waals surface area (Å²) in [6.45, 7) is -6.42. The van der Waals surface area contributed by atoms with Gasteiger partial charge in [-0.3, -0.25) is 72.3 Å². The number of carboxylic acids is 4. The number of rotatable bonds is 49. The molecular formula is C62H93N17O34S. The molecule has 114 heavy (non-hydrogen) atoms. The van der Waals surface area contributed by atoms with E-state index in [0.29, 0.717) is 11.4 Å². The van der Waals surface area contributed by atoms with Gasteiger partial charge in [-0.1, -0.05) is 0 Å². The maximum absolute atomic E-state index is 14.0. The number of nitrogens with one attached hydrogen (secondary N) is 11. The van der Waals surface area contributed by atoms with Crippen molar-refractivity contribution in [3.05, 3.63) is 52.1 Å². The molecule has 3 heterocycles. The van der Waals surface area contributed by atoms with Crippen molar-refractivity contribution in [3.63, 3.8) is 0 Å². The van der Waals surface area contributed by atoms with Gasteiger partial charge in [-0.2, -0.15) is 17.6 Å². The molecule has 0 radical (unpaired) electrons. The number of aliphatic hydroxyl groups excluding tert-OH is 16. The molecule has 2 aromatic heterocycles. The van der Waals surface area contributed by atoms with Crippen molar-refractivity contribution < 1.29 is 164 Å². The molecule has 1 saturated heterocycles. The number of hydrogen-bond donors (Lipinski definition) is 33. The monoisotopic (exact) mass is 1650 g/mol. The van der Waals surface area contributed by atoms with Crippen molar-refractivity contribution in [1.82, 2.24) is 77.6 Å². The van der Waals surface area contributed by atoms with Gasteiger partial charge in [-0.15, -0.1) is 0 Å². The third-order valence-corrected chi connectivity index (χ3v) is 17.6. The summed E-state index contributed by atoms with van der Waals surface area (Å²) in [5.41, 5.74) is 5.41. The Bertz CT molecular complexity index is 3850. The largest absolute Gasteiger partial charge is 0.481 e. The van der Waals surface area contributed by atoms with Crippen molar-refractivity contribution in [1.29, 1.82) is 0 Å². The Hall–Kier alpha value is -10.2. The Morgan fingerprint density at radius 2 is 0.904 bits per heavy atom. The van der Waals surface area contributed by atoms with Crippen molar-refractivity contribution in [2.75, 3.05) is 89.0 Å². The minimum Gasteiger partial charge on any atom is -0.481 e. The maximum Gasteiger partial charge on any atom is 0.327 e. The quantitative estimate of drug-likeness (QED) is 0.0233. The van der Waals surface area contributed by atoms with Crippen LogP contribution < -0.4 is 64.5 Å². The van der Waals surface area contributed by atoms with Crippen molar-refractivity contribution in [3.8, 4) is 0 Å². The second-order valence-corrected chi connectivity index (χ2v) is 26.0. The number of piperazine rings is 1. The third kappa shape index (κ3) is 29.0. The molecule has 1 aromatic carbocycles. The molecule has 4 rings (SSSR count). The van der Waals surface area contributed by atoms with Crippen LogP contribution in [0.1, 0.15) is 41.7 Å². The number of carbonyl (C=O) groups excluding carboxylic acids is 9. The number of aliphatic hydroxyl groups is 16. The highest BCUT2D eigenvalue weighted by molar-refractivity contribution is 7.80. The number of aliphatic carboxylic acids is 4. The van der Waals surface area contributed by atoms with Gasteiger partial charge in [0.25, 0.3) is 11.5 Å². The summed E-state index contributed by atoms with van der Waals surface area (Å²) in [4.78, 5) is 201. The lowest BCUT2D eigenvalue weighted by Gasteiger charge is -2.35. The van der Waals surface area contributed by atoms with E-state index < -0.39 is 275 Å². The van der Waals surface area contributed by atoms with E-state index in [-0.39, 0.29) is 61.9 Å². The number of nitrogens with zero attached hydrogens (tertiary/aromatic N) is 5. The number of anilines is 2. The normalized spacial score (nSPS) is 17.9. The number of amides is 9. The van der Waals surface area contributed by atoms with Gasteiger partial charge in [0.1, 0.15) is 122 Å². The highest BCUT2D eigenvalue weighted by atomic mass is 32.1. The van der Waals surface area contributed by atoms with E-state index in [1.54, 1.807) is 10.2 Å². The van der Waals surface area contributed by atoms with Crippen LogP contribution in [-0.2, 0) is 64.1 Å². The molecule has 0 aliphatic carbocycles. The molecule has 51 nitrogen and oxygen atoms in total. The van der Waals surface area contributed by atoms with E-state index in [1.807, 2.05) is 31.9 Å². The van der Waals surface area contributed by atoms with Gasteiger partial charge < -0.3 is 161 Å². The summed E-state index contributed by atoms with van der Waals surface area (Å²) < 4.78 is 0. The average molecular weight is 1650 g/mol. The maximum atomic E-state index is 14.0. The van der Waals surface area contributed by atoms with Crippen molar-refractivity contribution in [2.45, 2.75) is 154 Å². The van der Waals surface area contributed by atoms with E-state index in [4.69, 9.17) is 5.73 Å². The summed E-state index contributed by atoms with van der Waals surface area (Å²) in [6, 6.07) is -13.2. The number of thiol groups is 1. The van der Waals surface area contributed by atoms with E-state index >= 15 is 0 Å². The highest BCUT2D eigenvalue weighted by Gasteiger charge is 2.45. The van der Waals surface area contributed by atoms with E-state index in [1.165, 1.54) is 35.4 Å². The van der Waals surface area contributed by atoms with Crippen LogP contribution in [0.15, 0.2) is 35.3 Å². The Kier molecular flexibility index (Phi) is 39.0. The van der Waals surface area contributed by atoms with E-state index in [0.717, 1.165) is 0 Å². The lowest BCUT2D eigenvalue weighted by atomic mass is 9.98. The molecule has 0 spiro atoms. The first-order valence-corrected chi connectivity index (χ1v) is 34.8. The average Bonchev–Trinajstić information content (AvgIpc) is 0.811. The Balaban J connectivity index is 1.45. The van der Waals surface area contributed by atoms with Crippen LogP contribution in [0.3, 0.4) is 0 Å². The number of nitrogen functional groups attached to an aromatic ring is 1. The second-order valence-electron chi connectivity index (χ2n) is 25.6. The van der Waals surface area contributed by atoms with Crippen LogP contribution in [0.25, 0.3) is 11.2 Å². The van der Waals surface area contributed by atoms with E-state index in [2.05, 4.69) is 48.5 Å². The Labute approximate surface area is 647 Å². The number of aromatic nitrogens is 4. The number of carboxylic acid groups (broad SMARTS) is 4. The lowest BCUT2D eigenvalue weighted by molar-refractivity contribution is -0.147. The Morgan fingerprint density at radius 3 is 1.32 bits per heavy atom. The third-order valence-electron chi connectivity index (χ3n) is 17.2. The van der Waals surface area contributed by atoms with Crippen molar-refractivity contribution >= 4 is 112 Å². The van der Waals surface area contributed by atoms with Crippen LogP contribution in [0.2, 0.25) is 0 Å². The number of hydrogen-bond acceptors (Lipinski definition) is 38. The highest BCUT2D eigenvalue weighted by Crippen LogP contribution is 2.17. The minimum atomic E-state index is -2.68. The van der Waals surface area contributed by atoms with Crippen LogP contribution >= 0.6 is 12.6 Å². The van der Waals surface area contributed by atoms with Crippen LogP contribution in [0.4, 0.5) is 11.6 Å². The van der Waals surface area contributed by atoms with Gasteiger partial charge in [0.15, 0.2) is 11.2 Å². The van der Waals surface area contributed by atoms with Gasteiger partial charge in [0.05, 0.1) is 64.2 Å². The lowest BCUT2D eigenvalue weighted by Crippen LogP contribution is -2.65. The molecule has 1 aliphatic rings. The van der Waals surface area contributed by atoms with Gasteiger partial charge >= 0.3 is 23.9 Å². The molecule has 33 N–H and O–H groups in total. The summed E-state index contributed by atoms with van der Waals surface area (Å²) in [7, 11) is 0. The van der Waals surface area contributed by atoms with Crippen molar-refractivity contribution in [2.24, 2.45) is 0 Å². The van der Waals surface area contributed by atoms with Crippen LogP contribution in [-0.4, -0.2) is 408 Å². The molecular weight excluding hydrogens is 1560 g/mol. The number of carbonyl (C=O) groups is 13. The zero-order chi connectivity index (χ0) is 85.7. The molecule has 20 atom stereocenters. The molecule has 3 aromatic rings. The smallest absolute Gasteiger partial charge is 0.327 e. The predicted molar refractivity (Wildman–Crippen MR) is 380 cm³/mol. The zero-order valence-corrected chi connectivity index (χ0v) is 60.8. The summed E-state index contributed by atoms with van der Waals surface area (Å²) in [5.74, 6) is -21.4. The fraction of sp³-hybridized carbons (Fsp3) is 0.597. The SMILES string of the molecule is Nc1nc2ncc(CNc3ccc(C(=O)N[C@@H](CCC(=O)N[C@H](C(=O)N[C@@H](CC(=O)O)C(=O)N[C@H](C(=O)NCCN4CCN(CC(=O)N[C@H](C(=O)N[C@@H](CC(=O)O)C(=O)N[C@H](C(=O)NC(CS)C(=O)O)[C@@H](O)[C@H](O)[C@H](O)CO)[C@@H](O)[C@H](O)[C@H](O)CO)CC4)[C@@H](O)[C@H](O)[C@H](O)CO)[C@@H](O)[C@H](O)[C@H](O)CO)C(=O)O)cc3)nc2c(=O)[nH]1. The number of fused-ring (bicyclic) bond motifs is 1. The molecule has 9 amide bonds. The minimum absolute atomic E-state index is 0.00493. The topological polar surface area (TPSA) is 851 Å². The first-order valence-electron chi connectivity index (χ1n) is 34.2. The molecule has 636 valence electrons. The summed E-state index contributed by atoms with van der Waals surface area (Å²) in [6.07, 6.45) is -32.8. The molecule has 1 unspecified atom stereocenters. The van der Waals surface area contributed by atoms with Crippen LogP contribution in [0.5, 0.6) is 0 Å². The fourth-order valence-electron chi connectivity index (χ4n) is 10.6. The molecule has 0 bridgehead atoms. The molecule has 0 saturated carbocycles. The predicted octanol–water partition coefficient (Wildman–Crippen LogP) is -17.7. The number of aromatic amines is 1. The van der Waals surface area contributed by atoms with Crippen LogP contribution in [0, 0.1) is 0 Å². The number of benzene rings is 1. The van der Waals surface area contributed by atoms with Gasteiger partial charge in [0, 0.05) is 62.7 Å². The first-order chi connectivity index (χ1) is 53.6. The Morgan fingerprint density at radius 1 is 0.491 bits per heavy atom. The van der Waals surface area contributed by atoms with E-state index in [9.17, 15) is 169 Å². The first kappa shape index (κ1) is 96.2. The molecule has 1 aliphatic heterocycles. The summed E-state index contributed by atoms with van der Waals surface area (Å²) in [5, 5.41) is 225. The van der Waals surface area contributed by atoms with Gasteiger partial charge in [-0.05, 0) is 30.7 Å². The van der Waals surface area contributed by atoms with Gasteiger partial charge in [0.2, 0.25) is 53.2 Å². The standard InChI is InChI=1S/C62H93N17O34S/c63-62-76-51-42(59(109)77-62)67-25(16-66-51)15-65-24-3-1-23(2-4-24)52(102)68-26(60(110)111)5-6-34(88)72-39(48(99)44(95)31(85)19-81)56(106)69-27(13-36(90)91)53(103)74-38(47(98)43(94)30(84)18-80)55(105)64-7-8-78-9-11-79(12-10-78)17-35(89)73-40(49(100)45(96)32(86)20-82)57(107)70-28(14-37(92)93)54(104)75-41(50(101)46(97)33(87)21-83)58(108)71-29(22-114)61(112)113/h1-4,16,26-33,38-41,43-50,65,80-87,94-101,114H,5-15,17-22H2,(H,64,105)(H,68,102)(H,69,106)(H,70,107)(H,71,108)(H,72,88)(H,73,89)(H,74,103)(H,75,104)(H,90,91)(H,92,93)(H,110,111)(H,112,113)(H3,63,66,76,77,109)/t26-,27-,28-,29?,30+,31+,32+,33+,38-,39-,40-,41-,43+,44+,45+,46+,47+,48+,49+,50+/m0/s1. The molecule has 1 fully saturated rings. The molecule has 52 heteroatoms. The number of H-pyrrole nitrogens is 1. The van der Waals surface area contributed by atoms with Gasteiger partial charge in [-0.25, -0.2) is 19.6 Å².